The van der Waals surface area contributed by atoms with E-state index in [1.165, 1.54) is 46.1 Å². The first kappa shape index (κ1) is 30.8. The molecule has 0 radical (unpaired) electrons. The van der Waals surface area contributed by atoms with Gasteiger partial charge in [-0.3, -0.25) is 9.59 Å². The number of halogens is 1. The summed E-state index contributed by atoms with van der Waals surface area (Å²) in [6.07, 6.45) is 0. The van der Waals surface area contributed by atoms with Crippen molar-refractivity contribution in [2.45, 2.75) is 32.6 Å². The van der Waals surface area contributed by atoms with E-state index in [4.69, 9.17) is 25.8 Å². The molecule has 0 saturated heterocycles. The molecule has 2 rings (SSSR count). The van der Waals surface area contributed by atoms with E-state index in [0.717, 1.165) is 4.31 Å². The average molecular weight is 572 g/mol. The molecule has 12 nitrogen and oxygen atoms in total. The summed E-state index contributed by atoms with van der Waals surface area (Å²) >= 11 is 6.10. The number of benzene rings is 1. The van der Waals surface area contributed by atoms with Crippen LogP contribution in [-0.2, 0) is 43.4 Å². The number of nitrogens with zero attached hydrogens (tertiary/aromatic N) is 1. The fourth-order valence-electron chi connectivity index (χ4n) is 3.57. The van der Waals surface area contributed by atoms with Gasteiger partial charge in [-0.1, -0.05) is 11.6 Å². The van der Waals surface area contributed by atoms with Crippen LogP contribution in [0.2, 0.25) is 5.02 Å². The molecule has 1 aromatic rings. The Morgan fingerprint density at radius 3 is 1.97 bits per heavy atom. The highest BCUT2D eigenvalue weighted by Gasteiger charge is 2.42. The molecule has 1 aromatic carbocycles. The predicted octanol–water partition coefficient (Wildman–Crippen LogP) is 1.97. The number of ether oxygens (including phenoxy) is 3. The third-order valence-electron chi connectivity index (χ3n) is 5.32. The van der Waals surface area contributed by atoms with Gasteiger partial charge in [0.15, 0.2) is 6.61 Å². The van der Waals surface area contributed by atoms with Gasteiger partial charge in [0.25, 0.3) is 5.91 Å². The number of dihydropyridines is 1. The van der Waals surface area contributed by atoms with Crippen molar-refractivity contribution in [3.8, 4) is 0 Å². The maximum atomic E-state index is 13.2. The highest BCUT2D eigenvalue weighted by atomic mass is 35.5. The number of hydrogen-bond acceptors (Lipinski definition) is 10. The zero-order chi connectivity index (χ0) is 28.8. The zero-order valence-electron chi connectivity index (χ0n) is 21.8. The molecule has 1 heterocycles. The molecule has 0 fully saturated rings. The highest BCUT2D eigenvalue weighted by molar-refractivity contribution is 7.89. The normalized spacial score (nSPS) is 14.2. The number of hydrogen-bond donors (Lipinski definition) is 2. The van der Waals surface area contributed by atoms with Crippen molar-refractivity contribution in [3.05, 3.63) is 45.8 Å². The Morgan fingerprint density at radius 2 is 1.50 bits per heavy atom. The number of carbonyl (C=O) groups is 4. The number of anilines is 1. The largest absolute Gasteiger partial charge is 0.463 e. The van der Waals surface area contributed by atoms with Crippen LogP contribution in [0.5, 0.6) is 0 Å². The third-order valence-corrected chi connectivity index (χ3v) is 7.46. The van der Waals surface area contributed by atoms with E-state index >= 15 is 0 Å². The number of nitrogens with one attached hydrogen (secondary N) is 2. The van der Waals surface area contributed by atoms with Crippen molar-refractivity contribution in [3.63, 3.8) is 0 Å². The molecule has 208 valence electrons. The van der Waals surface area contributed by atoms with Crippen molar-refractivity contribution < 1.29 is 41.8 Å². The van der Waals surface area contributed by atoms with E-state index in [9.17, 15) is 27.6 Å². The van der Waals surface area contributed by atoms with Crippen LogP contribution in [0, 0.1) is 5.92 Å². The van der Waals surface area contributed by atoms with Gasteiger partial charge in [0.05, 0.1) is 40.0 Å². The lowest BCUT2D eigenvalue weighted by Crippen LogP contribution is -2.39. The van der Waals surface area contributed by atoms with Crippen LogP contribution in [0.3, 0.4) is 0 Å². The van der Waals surface area contributed by atoms with E-state index < -0.39 is 46.4 Å². The molecule has 0 atom stereocenters. The van der Waals surface area contributed by atoms with E-state index in [2.05, 4.69) is 10.6 Å². The smallest absolute Gasteiger partial charge is 0.337 e. The lowest BCUT2D eigenvalue weighted by atomic mass is 9.85. The second-order valence-corrected chi connectivity index (χ2v) is 10.7. The van der Waals surface area contributed by atoms with Crippen LogP contribution in [0.25, 0.3) is 0 Å². The summed E-state index contributed by atoms with van der Waals surface area (Å²) in [6.45, 7) is 5.43. The minimum atomic E-state index is -3.81. The first-order chi connectivity index (χ1) is 17.8. The Hall–Kier alpha value is -3.42. The average Bonchev–Trinajstić information content (AvgIpc) is 2.83. The van der Waals surface area contributed by atoms with Gasteiger partial charge in [0.1, 0.15) is 5.92 Å². The maximum Gasteiger partial charge on any atom is 0.337 e. The monoisotopic (exact) mass is 571 g/mol. The molecule has 14 heteroatoms. The van der Waals surface area contributed by atoms with Crippen LogP contribution in [-0.4, -0.2) is 70.5 Å². The number of carbonyl (C=O) groups excluding carboxylic acids is 4. The van der Waals surface area contributed by atoms with Gasteiger partial charge < -0.3 is 24.8 Å². The van der Waals surface area contributed by atoms with Crippen molar-refractivity contribution in [1.29, 1.82) is 0 Å². The molecule has 0 spiro atoms. The van der Waals surface area contributed by atoms with Gasteiger partial charge in [-0.25, -0.2) is 22.3 Å². The number of rotatable bonds is 10. The summed E-state index contributed by atoms with van der Waals surface area (Å²) < 4.78 is 41.1. The molecule has 1 aliphatic rings. The van der Waals surface area contributed by atoms with Gasteiger partial charge in [-0.2, -0.15) is 0 Å². The van der Waals surface area contributed by atoms with Crippen LogP contribution in [0.4, 0.5) is 5.69 Å². The Morgan fingerprint density at radius 1 is 0.974 bits per heavy atom. The SMILES string of the molecule is CCOC(=O)C1=C(C)NC(C)=C(C(=O)OCC)C1C(=O)OCC(=O)Nc1cc(S(=O)(=O)N(C)C)ccc1Cl. The molecular formula is C24H30ClN3O9S. The van der Waals surface area contributed by atoms with E-state index in [1.54, 1.807) is 13.8 Å². The molecule has 0 saturated carbocycles. The number of amides is 1. The summed E-state index contributed by atoms with van der Waals surface area (Å²) in [5.41, 5.74) is 0.201. The minimum absolute atomic E-state index is 0.0145. The van der Waals surface area contributed by atoms with Crippen LogP contribution in [0.15, 0.2) is 45.6 Å². The predicted molar refractivity (Wildman–Crippen MR) is 137 cm³/mol. The molecule has 1 amide bonds. The summed E-state index contributed by atoms with van der Waals surface area (Å²) in [5.74, 6) is -5.11. The first-order valence-corrected chi connectivity index (χ1v) is 13.3. The van der Waals surface area contributed by atoms with Crippen LogP contribution < -0.4 is 10.6 Å². The standard InChI is InChI=1S/C24H30ClN3O9S/c1-7-35-22(30)19-13(3)26-14(4)20(23(31)36-8-2)21(19)24(32)37-12-18(29)27-17-11-15(9-10-16(17)25)38(33,34)28(5)6/h9-11,21,26H,7-8,12H2,1-6H3,(H,27,29). The van der Waals surface area contributed by atoms with Crippen LogP contribution >= 0.6 is 11.6 Å². The third kappa shape index (κ3) is 6.91. The summed E-state index contributed by atoms with van der Waals surface area (Å²) in [6, 6.07) is 3.74. The fourth-order valence-corrected chi connectivity index (χ4v) is 4.66. The minimum Gasteiger partial charge on any atom is -0.463 e. The van der Waals surface area contributed by atoms with Crippen molar-refractivity contribution in [2.75, 3.05) is 39.2 Å². The quantitative estimate of drug-likeness (QED) is 0.314. The maximum absolute atomic E-state index is 13.2. The molecule has 0 bridgehead atoms. The molecular weight excluding hydrogens is 542 g/mol. The molecule has 1 aliphatic heterocycles. The topological polar surface area (TPSA) is 157 Å². The van der Waals surface area contributed by atoms with E-state index in [-0.39, 0.29) is 51.4 Å². The summed E-state index contributed by atoms with van der Waals surface area (Å²) in [4.78, 5) is 51.0. The number of sulfonamides is 1. The number of allylic oxidation sites excluding steroid dienone is 2. The van der Waals surface area contributed by atoms with Crippen molar-refractivity contribution in [1.82, 2.24) is 9.62 Å². The molecule has 2 N–H and O–H groups in total. The Bertz CT molecular complexity index is 1260. The Labute approximate surface area is 226 Å². The van der Waals surface area contributed by atoms with Gasteiger partial charge >= 0.3 is 17.9 Å². The van der Waals surface area contributed by atoms with E-state index in [1.807, 2.05) is 0 Å². The summed E-state index contributed by atoms with van der Waals surface area (Å²) in [7, 11) is -1.10. The van der Waals surface area contributed by atoms with Gasteiger partial charge in [-0.15, -0.1) is 0 Å². The van der Waals surface area contributed by atoms with Gasteiger partial charge in [0.2, 0.25) is 10.0 Å². The van der Waals surface area contributed by atoms with Crippen LogP contribution in [0.1, 0.15) is 27.7 Å². The van der Waals surface area contributed by atoms with Crippen molar-refractivity contribution >= 4 is 51.1 Å². The number of esters is 3. The Balaban J connectivity index is 2.30. The Kier molecular flexibility index (Phi) is 10.5. The second kappa shape index (κ2) is 12.9. The highest BCUT2D eigenvalue weighted by Crippen LogP contribution is 2.33. The fraction of sp³-hybridized carbons (Fsp3) is 0.417. The molecule has 38 heavy (non-hydrogen) atoms. The van der Waals surface area contributed by atoms with E-state index in [0.29, 0.717) is 0 Å². The summed E-state index contributed by atoms with van der Waals surface area (Å²) in [5, 5.41) is 5.32. The lowest BCUT2D eigenvalue weighted by Gasteiger charge is -2.28. The van der Waals surface area contributed by atoms with Crippen molar-refractivity contribution in [2.24, 2.45) is 5.92 Å². The molecule has 0 unspecified atom stereocenters. The van der Waals surface area contributed by atoms with Gasteiger partial charge in [0, 0.05) is 25.5 Å². The second-order valence-electron chi connectivity index (χ2n) is 8.16. The van der Waals surface area contributed by atoms with Gasteiger partial charge in [-0.05, 0) is 45.9 Å². The first-order valence-electron chi connectivity index (χ1n) is 11.5. The lowest BCUT2D eigenvalue weighted by molar-refractivity contribution is -0.153. The molecule has 0 aromatic heterocycles. The molecule has 0 aliphatic carbocycles. The zero-order valence-corrected chi connectivity index (χ0v) is 23.4.